The van der Waals surface area contributed by atoms with Crippen LogP contribution in [0.25, 0.3) is 0 Å². The number of aryl methyl sites for hydroxylation is 1. The Labute approximate surface area is 150 Å². The summed E-state index contributed by atoms with van der Waals surface area (Å²) in [5.41, 5.74) is 3.49. The van der Waals surface area contributed by atoms with Gasteiger partial charge in [-0.3, -0.25) is 14.8 Å². The second-order valence-electron chi connectivity index (χ2n) is 7.12. The molecule has 0 spiro atoms. The number of nitrogens with zero attached hydrogens (tertiary/aromatic N) is 3. The molecule has 1 saturated heterocycles. The lowest BCUT2D eigenvalue weighted by atomic mass is 9.92. The van der Waals surface area contributed by atoms with Gasteiger partial charge in [-0.2, -0.15) is 0 Å². The maximum Gasteiger partial charge on any atom is 0.223 e. The van der Waals surface area contributed by atoms with E-state index in [1.54, 1.807) is 18.6 Å². The molecule has 2 aromatic rings. The Morgan fingerprint density at radius 3 is 2.68 bits per heavy atom. The van der Waals surface area contributed by atoms with Gasteiger partial charge in [-0.1, -0.05) is 38.1 Å². The zero-order chi connectivity index (χ0) is 17.6. The van der Waals surface area contributed by atoms with Gasteiger partial charge < -0.3 is 4.90 Å². The van der Waals surface area contributed by atoms with Crippen LogP contribution in [0.15, 0.2) is 42.9 Å². The Bertz CT molecular complexity index is 682. The van der Waals surface area contributed by atoms with Gasteiger partial charge in [0.05, 0.1) is 11.7 Å². The molecule has 1 aromatic heterocycles. The van der Waals surface area contributed by atoms with Gasteiger partial charge >= 0.3 is 0 Å². The number of hydrogen-bond acceptors (Lipinski definition) is 3. The van der Waals surface area contributed by atoms with Crippen molar-refractivity contribution in [3.8, 4) is 0 Å². The topological polar surface area (TPSA) is 46.1 Å². The molecular formula is C21H27N3O. The molecule has 0 aliphatic carbocycles. The summed E-state index contributed by atoms with van der Waals surface area (Å²) in [7, 11) is 0. The number of hydrogen-bond donors (Lipinski definition) is 0. The van der Waals surface area contributed by atoms with E-state index in [-0.39, 0.29) is 11.9 Å². The van der Waals surface area contributed by atoms with E-state index >= 15 is 0 Å². The summed E-state index contributed by atoms with van der Waals surface area (Å²) >= 11 is 0. The number of benzene rings is 1. The second-order valence-corrected chi connectivity index (χ2v) is 7.12. The fourth-order valence-electron chi connectivity index (χ4n) is 3.52. The monoisotopic (exact) mass is 337 g/mol. The Balaban J connectivity index is 1.68. The second kappa shape index (κ2) is 8.24. The van der Waals surface area contributed by atoms with E-state index in [1.807, 2.05) is 0 Å². The molecule has 0 bridgehead atoms. The molecule has 1 atom stereocenters. The standard InChI is InChI=1S/C21H27N3O/c1-16(2)17-6-8-18(9-7-17)20-5-3-4-14-24(20)21(25)11-10-19-15-22-12-13-23-19/h6-9,12-13,15-16,20H,3-5,10-11,14H2,1-2H3. The molecule has 1 aliphatic rings. The lowest BCUT2D eigenvalue weighted by Gasteiger charge is -2.36. The summed E-state index contributed by atoms with van der Waals surface area (Å²) in [6.07, 6.45) is 9.57. The normalized spacial score (nSPS) is 17.7. The van der Waals surface area contributed by atoms with Crippen LogP contribution in [0.1, 0.15) is 68.3 Å². The van der Waals surface area contributed by atoms with Crippen LogP contribution in [0, 0.1) is 0 Å². The van der Waals surface area contributed by atoms with E-state index < -0.39 is 0 Å². The number of carbonyl (C=O) groups is 1. The lowest BCUT2D eigenvalue weighted by molar-refractivity contribution is -0.135. The molecule has 4 heteroatoms. The first-order valence-electron chi connectivity index (χ1n) is 9.29. The van der Waals surface area contributed by atoms with Crippen molar-refractivity contribution >= 4 is 5.91 Å². The van der Waals surface area contributed by atoms with Gasteiger partial charge in [0, 0.05) is 31.6 Å². The molecule has 0 N–H and O–H groups in total. The van der Waals surface area contributed by atoms with Crippen LogP contribution >= 0.6 is 0 Å². The maximum atomic E-state index is 12.8. The van der Waals surface area contributed by atoms with Crippen LogP contribution in [0.5, 0.6) is 0 Å². The third-order valence-electron chi connectivity index (χ3n) is 5.02. The summed E-state index contributed by atoms with van der Waals surface area (Å²) in [6.45, 7) is 5.27. The first-order chi connectivity index (χ1) is 12.1. The van der Waals surface area contributed by atoms with Crippen LogP contribution in [0.4, 0.5) is 0 Å². The van der Waals surface area contributed by atoms with E-state index in [2.05, 4.69) is 53.0 Å². The molecule has 25 heavy (non-hydrogen) atoms. The smallest absolute Gasteiger partial charge is 0.223 e. The van der Waals surface area contributed by atoms with Crippen LogP contribution in [-0.4, -0.2) is 27.3 Å². The quantitative estimate of drug-likeness (QED) is 0.818. The predicted molar refractivity (Wildman–Crippen MR) is 99.2 cm³/mol. The summed E-state index contributed by atoms with van der Waals surface area (Å²) < 4.78 is 0. The predicted octanol–water partition coefficient (Wildman–Crippen LogP) is 4.29. The molecular weight excluding hydrogens is 310 g/mol. The van der Waals surface area contributed by atoms with Crippen LogP contribution in [-0.2, 0) is 11.2 Å². The van der Waals surface area contributed by atoms with Crippen molar-refractivity contribution in [3.63, 3.8) is 0 Å². The highest BCUT2D eigenvalue weighted by Crippen LogP contribution is 2.32. The Kier molecular flexibility index (Phi) is 5.79. The number of carbonyl (C=O) groups excluding carboxylic acids is 1. The number of rotatable bonds is 5. The molecule has 2 heterocycles. The highest BCUT2D eigenvalue weighted by molar-refractivity contribution is 5.77. The molecule has 3 rings (SSSR count). The molecule has 1 amide bonds. The highest BCUT2D eigenvalue weighted by Gasteiger charge is 2.27. The lowest BCUT2D eigenvalue weighted by Crippen LogP contribution is -2.38. The Morgan fingerprint density at radius 1 is 1.20 bits per heavy atom. The molecule has 4 nitrogen and oxygen atoms in total. The van der Waals surface area contributed by atoms with Gasteiger partial charge in [0.25, 0.3) is 0 Å². The summed E-state index contributed by atoms with van der Waals surface area (Å²) in [5.74, 6) is 0.758. The van der Waals surface area contributed by atoms with Crippen LogP contribution in [0.3, 0.4) is 0 Å². The van der Waals surface area contributed by atoms with Crippen molar-refractivity contribution in [3.05, 3.63) is 59.7 Å². The fourth-order valence-corrected chi connectivity index (χ4v) is 3.52. The molecule has 1 unspecified atom stereocenters. The Morgan fingerprint density at radius 2 is 2.00 bits per heavy atom. The van der Waals surface area contributed by atoms with Crippen LogP contribution < -0.4 is 0 Å². The van der Waals surface area contributed by atoms with Gasteiger partial charge in [0.2, 0.25) is 5.91 Å². The van der Waals surface area contributed by atoms with Crippen LogP contribution in [0.2, 0.25) is 0 Å². The molecule has 1 fully saturated rings. The van der Waals surface area contributed by atoms with Crippen molar-refractivity contribution in [2.24, 2.45) is 0 Å². The van der Waals surface area contributed by atoms with E-state index in [9.17, 15) is 4.79 Å². The third kappa shape index (κ3) is 4.44. The van der Waals surface area contributed by atoms with Gasteiger partial charge in [0.1, 0.15) is 0 Å². The van der Waals surface area contributed by atoms with Gasteiger partial charge in [-0.25, -0.2) is 0 Å². The zero-order valence-corrected chi connectivity index (χ0v) is 15.2. The van der Waals surface area contributed by atoms with Gasteiger partial charge in [-0.05, 0) is 42.7 Å². The molecule has 1 aromatic carbocycles. The SMILES string of the molecule is CC(C)c1ccc(C2CCCCN2C(=O)CCc2cnccn2)cc1. The minimum atomic E-state index is 0.212. The summed E-state index contributed by atoms with van der Waals surface area (Å²) in [5, 5.41) is 0. The van der Waals surface area contributed by atoms with Crippen molar-refractivity contribution < 1.29 is 4.79 Å². The first kappa shape index (κ1) is 17.6. The summed E-state index contributed by atoms with van der Waals surface area (Å²) in [4.78, 5) is 23.2. The number of piperidine rings is 1. The largest absolute Gasteiger partial charge is 0.336 e. The fraction of sp³-hybridized carbons (Fsp3) is 0.476. The molecule has 1 aliphatic heterocycles. The number of likely N-dealkylation sites (tertiary alicyclic amines) is 1. The molecule has 0 radical (unpaired) electrons. The average Bonchev–Trinajstić information content (AvgIpc) is 2.67. The number of amides is 1. The molecule has 132 valence electrons. The first-order valence-corrected chi connectivity index (χ1v) is 9.29. The minimum absolute atomic E-state index is 0.212. The number of aromatic nitrogens is 2. The molecule has 0 saturated carbocycles. The third-order valence-corrected chi connectivity index (χ3v) is 5.02. The average molecular weight is 337 g/mol. The van der Waals surface area contributed by atoms with E-state index in [0.717, 1.165) is 25.1 Å². The zero-order valence-electron chi connectivity index (χ0n) is 15.2. The minimum Gasteiger partial charge on any atom is -0.336 e. The highest BCUT2D eigenvalue weighted by atomic mass is 16.2. The van der Waals surface area contributed by atoms with Gasteiger partial charge in [-0.15, -0.1) is 0 Å². The Hall–Kier alpha value is -2.23. The summed E-state index contributed by atoms with van der Waals surface area (Å²) in [6, 6.07) is 9.03. The van der Waals surface area contributed by atoms with Crippen molar-refractivity contribution in [1.29, 1.82) is 0 Å². The van der Waals surface area contributed by atoms with Gasteiger partial charge in [0.15, 0.2) is 0 Å². The van der Waals surface area contributed by atoms with Crippen molar-refractivity contribution in [2.45, 2.75) is 57.9 Å². The maximum absolute atomic E-state index is 12.8. The van der Waals surface area contributed by atoms with E-state index in [1.165, 1.54) is 17.5 Å². The van der Waals surface area contributed by atoms with Crippen molar-refractivity contribution in [1.82, 2.24) is 14.9 Å². The van der Waals surface area contributed by atoms with E-state index in [4.69, 9.17) is 0 Å². The van der Waals surface area contributed by atoms with E-state index in [0.29, 0.717) is 18.8 Å². The van der Waals surface area contributed by atoms with Crippen molar-refractivity contribution in [2.75, 3.05) is 6.54 Å².